The number of hydrogen-bond acceptors (Lipinski definition) is 4. The van der Waals surface area contributed by atoms with E-state index in [4.69, 9.17) is 5.73 Å². The first-order valence-corrected chi connectivity index (χ1v) is 9.25. The Morgan fingerprint density at radius 1 is 1.26 bits per heavy atom. The Balaban J connectivity index is 1.99. The normalized spacial score (nSPS) is 17.5. The number of nitrogens with two attached hydrogens (primary N) is 1. The summed E-state index contributed by atoms with van der Waals surface area (Å²) in [6.07, 6.45) is 1.85. The van der Waals surface area contributed by atoms with Gasteiger partial charge in [-0.3, -0.25) is 0 Å². The van der Waals surface area contributed by atoms with Crippen LogP contribution in [0.5, 0.6) is 0 Å². The molecule has 0 bridgehead atoms. The van der Waals surface area contributed by atoms with E-state index in [1.165, 1.54) is 0 Å². The van der Waals surface area contributed by atoms with Crippen molar-refractivity contribution in [1.82, 2.24) is 4.72 Å². The molecule has 1 aromatic rings. The summed E-state index contributed by atoms with van der Waals surface area (Å²) in [6, 6.07) is 7.54. The van der Waals surface area contributed by atoms with E-state index in [0.717, 1.165) is 35.5 Å². The average Bonchev–Trinajstić information content (AvgIpc) is 2.39. The molecule has 4 nitrogen and oxygen atoms in total. The zero-order chi connectivity index (χ0) is 13.7. The molecule has 0 atom stereocenters. The minimum Gasteiger partial charge on any atom is -0.326 e. The van der Waals surface area contributed by atoms with Crippen molar-refractivity contribution in [1.29, 1.82) is 0 Å². The van der Waals surface area contributed by atoms with Gasteiger partial charge in [0.05, 0.1) is 5.75 Å². The van der Waals surface area contributed by atoms with E-state index < -0.39 is 10.0 Å². The summed E-state index contributed by atoms with van der Waals surface area (Å²) in [5.74, 6) is 2.11. The van der Waals surface area contributed by atoms with Gasteiger partial charge in [-0.1, -0.05) is 24.3 Å². The summed E-state index contributed by atoms with van der Waals surface area (Å²) >= 11 is 1.88. The van der Waals surface area contributed by atoms with Gasteiger partial charge in [-0.2, -0.15) is 11.8 Å². The topological polar surface area (TPSA) is 72.2 Å². The van der Waals surface area contributed by atoms with Crippen LogP contribution in [0.25, 0.3) is 0 Å². The highest BCUT2D eigenvalue weighted by molar-refractivity contribution is 7.99. The first kappa shape index (κ1) is 14.8. The molecular weight excluding hydrogens is 280 g/mol. The number of thioether (sulfide) groups is 1. The Morgan fingerprint density at radius 3 is 2.63 bits per heavy atom. The average molecular weight is 300 g/mol. The summed E-state index contributed by atoms with van der Waals surface area (Å²) < 4.78 is 27.0. The molecule has 19 heavy (non-hydrogen) atoms. The second-order valence-corrected chi connectivity index (χ2v) is 7.77. The molecule has 2 rings (SSSR count). The van der Waals surface area contributed by atoms with Crippen LogP contribution in [0.2, 0.25) is 0 Å². The van der Waals surface area contributed by atoms with Crippen molar-refractivity contribution in [2.45, 2.75) is 31.2 Å². The standard InChI is InChI=1S/C13H20N2O2S2/c14-9-11-2-1-3-12(8-11)10-19(16,17)15-13-4-6-18-7-5-13/h1-3,8,13,15H,4-7,9-10,14H2. The van der Waals surface area contributed by atoms with Crippen molar-refractivity contribution in [3.8, 4) is 0 Å². The molecule has 0 amide bonds. The molecule has 106 valence electrons. The number of benzene rings is 1. The van der Waals surface area contributed by atoms with E-state index in [1.54, 1.807) is 0 Å². The van der Waals surface area contributed by atoms with Crippen LogP contribution >= 0.6 is 11.8 Å². The molecule has 0 radical (unpaired) electrons. The molecular formula is C13H20N2O2S2. The van der Waals surface area contributed by atoms with Crippen molar-refractivity contribution in [3.05, 3.63) is 35.4 Å². The van der Waals surface area contributed by atoms with Gasteiger partial charge in [-0.15, -0.1) is 0 Å². The van der Waals surface area contributed by atoms with E-state index in [0.29, 0.717) is 6.54 Å². The number of sulfonamides is 1. The van der Waals surface area contributed by atoms with Crippen LogP contribution in [-0.2, 0) is 22.3 Å². The van der Waals surface area contributed by atoms with Crippen LogP contribution < -0.4 is 10.5 Å². The minimum atomic E-state index is -3.26. The molecule has 1 heterocycles. The van der Waals surface area contributed by atoms with Gasteiger partial charge in [-0.25, -0.2) is 13.1 Å². The molecule has 0 spiro atoms. The van der Waals surface area contributed by atoms with E-state index in [2.05, 4.69) is 4.72 Å². The molecule has 1 aliphatic rings. The Hall–Kier alpha value is -0.560. The van der Waals surface area contributed by atoms with E-state index >= 15 is 0 Å². The number of hydrogen-bond donors (Lipinski definition) is 2. The summed E-state index contributed by atoms with van der Waals surface area (Å²) in [4.78, 5) is 0. The maximum Gasteiger partial charge on any atom is 0.216 e. The van der Waals surface area contributed by atoms with Crippen molar-refractivity contribution in [2.75, 3.05) is 11.5 Å². The fourth-order valence-electron chi connectivity index (χ4n) is 2.18. The molecule has 3 N–H and O–H groups in total. The van der Waals surface area contributed by atoms with Crippen molar-refractivity contribution in [3.63, 3.8) is 0 Å². The molecule has 1 aliphatic heterocycles. The maximum atomic E-state index is 12.1. The van der Waals surface area contributed by atoms with Gasteiger partial charge in [0, 0.05) is 12.6 Å². The van der Waals surface area contributed by atoms with Crippen LogP contribution in [-0.4, -0.2) is 26.0 Å². The molecule has 0 aromatic heterocycles. The smallest absolute Gasteiger partial charge is 0.216 e. The monoisotopic (exact) mass is 300 g/mol. The summed E-state index contributed by atoms with van der Waals surface area (Å²) in [5.41, 5.74) is 7.32. The lowest BCUT2D eigenvalue weighted by Gasteiger charge is -2.22. The maximum absolute atomic E-state index is 12.1. The van der Waals surface area contributed by atoms with E-state index in [1.807, 2.05) is 36.0 Å². The Labute approximate surface area is 119 Å². The van der Waals surface area contributed by atoms with Gasteiger partial charge in [-0.05, 0) is 35.5 Å². The summed E-state index contributed by atoms with van der Waals surface area (Å²) in [6.45, 7) is 0.432. The second-order valence-electron chi connectivity index (χ2n) is 4.79. The van der Waals surface area contributed by atoms with Crippen molar-refractivity contribution < 1.29 is 8.42 Å². The van der Waals surface area contributed by atoms with Gasteiger partial charge in [0.25, 0.3) is 0 Å². The molecule has 6 heteroatoms. The predicted molar refractivity (Wildman–Crippen MR) is 80.4 cm³/mol. The van der Waals surface area contributed by atoms with Crippen LogP contribution in [0.4, 0.5) is 0 Å². The van der Waals surface area contributed by atoms with Gasteiger partial charge in [0.1, 0.15) is 0 Å². The lowest BCUT2D eigenvalue weighted by atomic mass is 10.1. The predicted octanol–water partition coefficient (Wildman–Crippen LogP) is 1.46. The van der Waals surface area contributed by atoms with Crippen LogP contribution in [0.3, 0.4) is 0 Å². The van der Waals surface area contributed by atoms with E-state index in [-0.39, 0.29) is 11.8 Å². The zero-order valence-corrected chi connectivity index (χ0v) is 12.5. The highest BCUT2D eigenvalue weighted by atomic mass is 32.2. The highest BCUT2D eigenvalue weighted by Gasteiger charge is 2.20. The highest BCUT2D eigenvalue weighted by Crippen LogP contribution is 2.18. The SMILES string of the molecule is NCc1cccc(CS(=O)(=O)NC2CCSCC2)c1. The third-order valence-electron chi connectivity index (χ3n) is 3.15. The lowest BCUT2D eigenvalue weighted by Crippen LogP contribution is -2.37. The molecule has 1 fully saturated rings. The summed E-state index contributed by atoms with van der Waals surface area (Å²) in [7, 11) is -3.26. The minimum absolute atomic E-state index is 0.0322. The second kappa shape index (κ2) is 6.74. The van der Waals surface area contributed by atoms with Crippen LogP contribution in [0.1, 0.15) is 24.0 Å². The fourth-order valence-corrected chi connectivity index (χ4v) is 4.73. The Kier molecular flexibility index (Phi) is 5.27. The van der Waals surface area contributed by atoms with Crippen LogP contribution in [0, 0.1) is 0 Å². The zero-order valence-electron chi connectivity index (χ0n) is 10.8. The molecule has 1 saturated heterocycles. The van der Waals surface area contributed by atoms with Crippen molar-refractivity contribution >= 4 is 21.8 Å². The molecule has 0 unspecified atom stereocenters. The van der Waals surface area contributed by atoms with Gasteiger partial charge in [0.15, 0.2) is 0 Å². The molecule has 1 aromatic carbocycles. The fraction of sp³-hybridized carbons (Fsp3) is 0.538. The summed E-state index contributed by atoms with van der Waals surface area (Å²) in [5, 5.41) is 0. The van der Waals surface area contributed by atoms with Gasteiger partial charge >= 0.3 is 0 Å². The van der Waals surface area contributed by atoms with E-state index in [9.17, 15) is 8.42 Å². The van der Waals surface area contributed by atoms with Gasteiger partial charge in [0.2, 0.25) is 10.0 Å². The lowest BCUT2D eigenvalue weighted by molar-refractivity contribution is 0.528. The Morgan fingerprint density at radius 2 is 1.95 bits per heavy atom. The first-order valence-electron chi connectivity index (χ1n) is 6.45. The first-order chi connectivity index (χ1) is 9.09. The quantitative estimate of drug-likeness (QED) is 0.863. The number of rotatable bonds is 5. The van der Waals surface area contributed by atoms with Gasteiger partial charge < -0.3 is 5.73 Å². The molecule has 0 saturated carbocycles. The number of nitrogens with one attached hydrogen (secondary N) is 1. The third-order valence-corrected chi connectivity index (χ3v) is 5.61. The van der Waals surface area contributed by atoms with Crippen molar-refractivity contribution in [2.24, 2.45) is 5.73 Å². The molecule has 0 aliphatic carbocycles. The Bertz CT molecular complexity index is 511. The third kappa shape index (κ3) is 4.80. The van der Waals surface area contributed by atoms with Crippen LogP contribution in [0.15, 0.2) is 24.3 Å². The largest absolute Gasteiger partial charge is 0.326 e.